The molecule has 138 valence electrons. The molecule has 3 rings (SSSR count). The lowest BCUT2D eigenvalue weighted by molar-refractivity contribution is -0.00438. The predicted octanol–water partition coefficient (Wildman–Crippen LogP) is 4.64. The summed E-state index contributed by atoms with van der Waals surface area (Å²) in [5, 5.41) is 0. The van der Waals surface area contributed by atoms with Crippen LogP contribution < -0.4 is 0 Å². The minimum Gasteiger partial charge on any atom is -0.444 e. The fraction of sp³-hybridized carbons (Fsp3) is 0.455. The topological polar surface area (TPSA) is 42.4 Å². The van der Waals surface area contributed by atoms with Crippen molar-refractivity contribution in [3.05, 3.63) is 66.0 Å². The van der Waals surface area contributed by atoms with Crippen molar-refractivity contribution in [3.63, 3.8) is 0 Å². The van der Waals surface area contributed by atoms with Crippen LogP contribution in [0.25, 0.3) is 0 Å². The van der Waals surface area contributed by atoms with Crippen molar-refractivity contribution in [2.75, 3.05) is 13.1 Å². The maximum Gasteiger partial charge on any atom is 0.410 e. The van der Waals surface area contributed by atoms with Gasteiger partial charge in [-0.3, -0.25) is 4.98 Å². The highest BCUT2D eigenvalue weighted by Crippen LogP contribution is 2.40. The van der Waals surface area contributed by atoms with Crippen LogP contribution in [0.15, 0.2) is 54.9 Å². The number of aromatic nitrogens is 1. The van der Waals surface area contributed by atoms with E-state index in [-0.39, 0.29) is 11.5 Å². The molecule has 0 spiro atoms. The van der Waals surface area contributed by atoms with Crippen LogP contribution in [0.5, 0.6) is 0 Å². The van der Waals surface area contributed by atoms with E-state index in [0.717, 1.165) is 19.5 Å². The van der Waals surface area contributed by atoms with Gasteiger partial charge in [-0.1, -0.05) is 37.3 Å². The summed E-state index contributed by atoms with van der Waals surface area (Å²) in [6, 6.07) is 14.8. The number of carbonyl (C=O) groups is 1. The molecule has 0 radical (unpaired) electrons. The fourth-order valence-corrected chi connectivity index (χ4v) is 3.68. The third kappa shape index (κ3) is 4.06. The maximum atomic E-state index is 12.2. The SMILES string of the molecule is CC(C)(C)OC(=O)N1CC(CC(C)(c2ccccc2)c2ccncc2)C1. The van der Waals surface area contributed by atoms with Crippen LogP contribution in [0, 0.1) is 5.92 Å². The molecule has 0 aliphatic carbocycles. The van der Waals surface area contributed by atoms with Gasteiger partial charge in [-0.15, -0.1) is 0 Å². The lowest BCUT2D eigenvalue weighted by atomic mass is 9.69. The van der Waals surface area contributed by atoms with Crippen LogP contribution >= 0.6 is 0 Å². The van der Waals surface area contributed by atoms with Gasteiger partial charge < -0.3 is 9.64 Å². The molecule has 0 N–H and O–H groups in total. The van der Waals surface area contributed by atoms with Gasteiger partial charge in [0.1, 0.15) is 5.60 Å². The first-order valence-corrected chi connectivity index (χ1v) is 9.22. The minimum absolute atomic E-state index is 0.102. The Kier molecular flexibility index (Phi) is 5.03. The van der Waals surface area contributed by atoms with E-state index in [1.54, 1.807) is 4.90 Å². The van der Waals surface area contributed by atoms with E-state index in [2.05, 4.69) is 48.3 Å². The van der Waals surface area contributed by atoms with Gasteiger partial charge in [-0.2, -0.15) is 0 Å². The van der Waals surface area contributed by atoms with Gasteiger partial charge in [0, 0.05) is 30.9 Å². The number of carbonyl (C=O) groups excluding carboxylic acids is 1. The van der Waals surface area contributed by atoms with Crippen LogP contribution in [-0.4, -0.2) is 34.7 Å². The van der Waals surface area contributed by atoms with E-state index in [0.29, 0.717) is 5.92 Å². The summed E-state index contributed by atoms with van der Waals surface area (Å²) in [5.74, 6) is 0.459. The summed E-state index contributed by atoms with van der Waals surface area (Å²) in [7, 11) is 0. The summed E-state index contributed by atoms with van der Waals surface area (Å²) in [6.45, 7) is 9.49. The lowest BCUT2D eigenvalue weighted by Crippen LogP contribution is -2.53. The molecule has 4 heteroatoms. The number of rotatable bonds is 4. The molecule has 1 atom stereocenters. The first kappa shape index (κ1) is 18.4. The Bertz CT molecular complexity index is 692. The Morgan fingerprint density at radius 1 is 1.04 bits per heavy atom. The summed E-state index contributed by atoms with van der Waals surface area (Å²) < 4.78 is 5.47. The van der Waals surface area contributed by atoms with Crippen LogP contribution in [0.2, 0.25) is 0 Å². The number of ether oxygens (including phenoxy) is 1. The fourth-order valence-electron chi connectivity index (χ4n) is 3.68. The van der Waals surface area contributed by atoms with E-state index in [1.165, 1.54) is 11.1 Å². The molecule has 1 unspecified atom stereocenters. The van der Waals surface area contributed by atoms with Crippen LogP contribution in [0.3, 0.4) is 0 Å². The molecule has 1 aliphatic rings. The molecule has 4 nitrogen and oxygen atoms in total. The number of pyridine rings is 1. The Labute approximate surface area is 156 Å². The second-order valence-electron chi connectivity index (χ2n) is 8.39. The van der Waals surface area contributed by atoms with Gasteiger partial charge in [0.05, 0.1) is 0 Å². The predicted molar refractivity (Wildman–Crippen MR) is 103 cm³/mol. The van der Waals surface area contributed by atoms with E-state index >= 15 is 0 Å². The zero-order chi connectivity index (χ0) is 18.8. The van der Waals surface area contributed by atoms with Crippen LogP contribution in [0.4, 0.5) is 4.79 Å². The highest BCUT2D eigenvalue weighted by atomic mass is 16.6. The minimum atomic E-state index is -0.447. The van der Waals surface area contributed by atoms with Gasteiger partial charge >= 0.3 is 6.09 Å². The van der Waals surface area contributed by atoms with Crippen LogP contribution in [0.1, 0.15) is 45.2 Å². The van der Waals surface area contributed by atoms with Gasteiger partial charge in [0.2, 0.25) is 0 Å². The molecule has 1 aromatic carbocycles. The van der Waals surface area contributed by atoms with Gasteiger partial charge in [0.25, 0.3) is 0 Å². The Balaban J connectivity index is 1.72. The summed E-state index contributed by atoms with van der Waals surface area (Å²) in [5.41, 5.74) is 2.00. The maximum absolute atomic E-state index is 12.2. The second-order valence-corrected chi connectivity index (χ2v) is 8.39. The third-order valence-electron chi connectivity index (χ3n) is 5.03. The molecule has 1 saturated heterocycles. The molecule has 0 saturated carbocycles. The largest absolute Gasteiger partial charge is 0.444 e. The molecule has 1 amide bonds. The van der Waals surface area contributed by atoms with Gasteiger partial charge in [-0.25, -0.2) is 4.79 Å². The van der Waals surface area contributed by atoms with Crippen molar-refractivity contribution >= 4 is 6.09 Å². The van der Waals surface area contributed by atoms with Crippen molar-refractivity contribution in [3.8, 4) is 0 Å². The first-order valence-electron chi connectivity index (χ1n) is 9.22. The molecule has 1 aromatic heterocycles. The molecule has 1 aliphatic heterocycles. The molecular weight excluding hydrogens is 324 g/mol. The summed E-state index contributed by atoms with van der Waals surface area (Å²) >= 11 is 0. The number of hydrogen-bond acceptors (Lipinski definition) is 3. The summed E-state index contributed by atoms with van der Waals surface area (Å²) in [4.78, 5) is 18.2. The number of nitrogens with zero attached hydrogens (tertiary/aromatic N) is 2. The highest BCUT2D eigenvalue weighted by molar-refractivity contribution is 5.69. The Morgan fingerprint density at radius 3 is 2.19 bits per heavy atom. The monoisotopic (exact) mass is 352 g/mol. The quantitative estimate of drug-likeness (QED) is 0.805. The Morgan fingerprint density at radius 2 is 1.62 bits per heavy atom. The number of benzene rings is 1. The zero-order valence-corrected chi connectivity index (χ0v) is 16.1. The van der Waals surface area contributed by atoms with Crippen molar-refractivity contribution in [2.24, 2.45) is 5.92 Å². The molecule has 2 heterocycles. The molecule has 2 aromatic rings. The van der Waals surface area contributed by atoms with Crippen molar-refractivity contribution in [2.45, 2.75) is 45.1 Å². The molecular formula is C22H28N2O2. The van der Waals surface area contributed by atoms with E-state index in [4.69, 9.17) is 4.74 Å². The average Bonchev–Trinajstić information content (AvgIpc) is 2.57. The smallest absolute Gasteiger partial charge is 0.410 e. The van der Waals surface area contributed by atoms with Crippen LogP contribution in [-0.2, 0) is 10.2 Å². The van der Waals surface area contributed by atoms with Gasteiger partial charge in [-0.05, 0) is 56.4 Å². The zero-order valence-electron chi connectivity index (χ0n) is 16.1. The van der Waals surface area contributed by atoms with Crippen molar-refractivity contribution in [1.82, 2.24) is 9.88 Å². The average molecular weight is 352 g/mol. The highest BCUT2D eigenvalue weighted by Gasteiger charge is 2.39. The first-order chi connectivity index (χ1) is 12.3. The third-order valence-corrected chi connectivity index (χ3v) is 5.03. The van der Waals surface area contributed by atoms with Gasteiger partial charge in [0.15, 0.2) is 0 Å². The number of amides is 1. The standard InChI is InChI=1S/C22H28N2O2/c1-21(2,3)26-20(25)24-15-17(16-24)14-22(4,18-8-6-5-7-9-18)19-10-12-23-13-11-19/h5-13,17H,14-16H2,1-4H3. The van der Waals surface area contributed by atoms with E-state index in [9.17, 15) is 4.79 Å². The van der Waals surface area contributed by atoms with E-state index in [1.807, 2.05) is 39.2 Å². The second kappa shape index (κ2) is 7.10. The number of likely N-dealkylation sites (tertiary alicyclic amines) is 1. The summed E-state index contributed by atoms with van der Waals surface area (Å²) in [6.07, 6.45) is 4.48. The normalized spacial score (nSPS) is 17.3. The van der Waals surface area contributed by atoms with E-state index < -0.39 is 5.60 Å². The molecule has 26 heavy (non-hydrogen) atoms. The van der Waals surface area contributed by atoms with Crippen molar-refractivity contribution < 1.29 is 9.53 Å². The Hall–Kier alpha value is -2.36. The molecule has 0 bridgehead atoms. The van der Waals surface area contributed by atoms with Crippen molar-refractivity contribution in [1.29, 1.82) is 0 Å². The molecule has 1 fully saturated rings. The lowest BCUT2D eigenvalue weighted by Gasteiger charge is -2.44. The number of hydrogen-bond donors (Lipinski definition) is 0.